The van der Waals surface area contributed by atoms with E-state index in [-0.39, 0.29) is 11.0 Å². The van der Waals surface area contributed by atoms with Crippen molar-refractivity contribution in [3.05, 3.63) is 23.4 Å². The van der Waals surface area contributed by atoms with Crippen molar-refractivity contribution >= 4 is 5.82 Å². The van der Waals surface area contributed by atoms with E-state index in [0.29, 0.717) is 6.54 Å². The van der Waals surface area contributed by atoms with Crippen LogP contribution in [0.3, 0.4) is 0 Å². The maximum atomic E-state index is 5.83. The third-order valence-corrected chi connectivity index (χ3v) is 3.99. The Labute approximate surface area is 118 Å². The lowest BCUT2D eigenvalue weighted by atomic mass is 9.90. The van der Waals surface area contributed by atoms with Gasteiger partial charge in [0.25, 0.3) is 0 Å². The molecule has 0 aromatic carbocycles. The first-order chi connectivity index (χ1) is 8.61. The molecule has 0 aliphatic heterocycles. The predicted octanol–water partition coefficient (Wildman–Crippen LogP) is 3.46. The van der Waals surface area contributed by atoms with Gasteiger partial charge in [0.05, 0.1) is 0 Å². The molecule has 3 nitrogen and oxygen atoms in total. The zero-order valence-corrected chi connectivity index (χ0v) is 13.5. The van der Waals surface area contributed by atoms with E-state index in [1.807, 2.05) is 0 Å². The minimum atomic E-state index is 0.0388. The Morgan fingerprint density at radius 3 is 2.16 bits per heavy atom. The Hall–Kier alpha value is -1.09. The minimum absolute atomic E-state index is 0.0388. The summed E-state index contributed by atoms with van der Waals surface area (Å²) in [5, 5.41) is 0. The number of hydrogen-bond donors (Lipinski definition) is 1. The second-order valence-corrected chi connectivity index (χ2v) is 6.90. The fourth-order valence-electron chi connectivity index (χ4n) is 1.79. The Balaban J connectivity index is 3.28. The van der Waals surface area contributed by atoms with Crippen LogP contribution < -0.4 is 10.6 Å². The third-order valence-electron chi connectivity index (χ3n) is 3.99. The lowest BCUT2D eigenvalue weighted by molar-refractivity contribution is 0.464. The standard InChI is InChI=1S/C16H29N3/c1-8-16(5,6)19(7)14-10-12(11-17)9-13(18-14)15(2,3)4/h9-10H,8,11,17H2,1-7H3. The van der Waals surface area contributed by atoms with E-state index in [1.54, 1.807) is 0 Å². The van der Waals surface area contributed by atoms with Crippen molar-refractivity contribution in [3.8, 4) is 0 Å². The number of rotatable bonds is 4. The molecule has 2 N–H and O–H groups in total. The summed E-state index contributed by atoms with van der Waals surface area (Å²) in [6.07, 6.45) is 1.07. The normalized spacial score (nSPS) is 12.6. The summed E-state index contributed by atoms with van der Waals surface area (Å²) in [5.41, 5.74) is 8.21. The largest absolute Gasteiger partial charge is 0.355 e. The second-order valence-electron chi connectivity index (χ2n) is 6.90. The topological polar surface area (TPSA) is 42.1 Å². The molecule has 1 heterocycles. The summed E-state index contributed by atoms with van der Waals surface area (Å²) in [6.45, 7) is 13.8. The van der Waals surface area contributed by atoms with Crippen molar-refractivity contribution in [2.24, 2.45) is 5.73 Å². The summed E-state index contributed by atoms with van der Waals surface area (Å²) < 4.78 is 0. The van der Waals surface area contributed by atoms with Crippen molar-refractivity contribution in [1.29, 1.82) is 0 Å². The molecular formula is C16H29N3. The molecule has 0 aliphatic carbocycles. The highest BCUT2D eigenvalue weighted by Gasteiger charge is 2.24. The van der Waals surface area contributed by atoms with Crippen molar-refractivity contribution in [3.63, 3.8) is 0 Å². The number of nitrogens with two attached hydrogens (primary N) is 1. The van der Waals surface area contributed by atoms with E-state index in [4.69, 9.17) is 10.7 Å². The molecule has 108 valence electrons. The Morgan fingerprint density at radius 2 is 1.74 bits per heavy atom. The lowest BCUT2D eigenvalue weighted by Crippen LogP contribution is -2.41. The lowest BCUT2D eigenvalue weighted by Gasteiger charge is -2.36. The van der Waals surface area contributed by atoms with E-state index in [2.05, 4.69) is 65.6 Å². The predicted molar refractivity (Wildman–Crippen MR) is 83.6 cm³/mol. The van der Waals surface area contributed by atoms with Gasteiger partial charge in [-0.05, 0) is 38.0 Å². The summed E-state index contributed by atoms with van der Waals surface area (Å²) >= 11 is 0. The number of nitrogens with zero attached hydrogens (tertiary/aromatic N) is 2. The first kappa shape index (κ1) is 16.0. The average Bonchev–Trinajstić information content (AvgIpc) is 2.36. The van der Waals surface area contributed by atoms with Crippen LogP contribution in [0.5, 0.6) is 0 Å². The van der Waals surface area contributed by atoms with Gasteiger partial charge in [-0.2, -0.15) is 0 Å². The molecule has 3 heteroatoms. The molecule has 1 aromatic heterocycles. The number of aromatic nitrogens is 1. The van der Waals surface area contributed by atoms with E-state index >= 15 is 0 Å². The fourth-order valence-corrected chi connectivity index (χ4v) is 1.79. The monoisotopic (exact) mass is 263 g/mol. The number of hydrogen-bond acceptors (Lipinski definition) is 3. The van der Waals surface area contributed by atoms with E-state index in [1.165, 1.54) is 0 Å². The van der Waals surface area contributed by atoms with Crippen LogP contribution in [-0.2, 0) is 12.0 Å². The van der Waals surface area contributed by atoms with Crippen molar-refractivity contribution in [2.45, 2.75) is 65.5 Å². The molecule has 0 bridgehead atoms. The van der Waals surface area contributed by atoms with Gasteiger partial charge in [-0.1, -0.05) is 27.7 Å². The molecule has 0 amide bonds. The number of pyridine rings is 1. The quantitative estimate of drug-likeness (QED) is 0.904. The average molecular weight is 263 g/mol. The molecule has 1 aromatic rings. The first-order valence-corrected chi connectivity index (χ1v) is 7.07. The van der Waals surface area contributed by atoms with Crippen LogP contribution in [0.25, 0.3) is 0 Å². The van der Waals surface area contributed by atoms with Crippen LogP contribution >= 0.6 is 0 Å². The smallest absolute Gasteiger partial charge is 0.129 e. The minimum Gasteiger partial charge on any atom is -0.355 e. The van der Waals surface area contributed by atoms with Gasteiger partial charge in [-0.25, -0.2) is 4.98 Å². The zero-order chi connectivity index (χ0) is 14.8. The highest BCUT2D eigenvalue weighted by molar-refractivity contribution is 5.45. The maximum Gasteiger partial charge on any atom is 0.129 e. The molecule has 0 saturated carbocycles. The van der Waals surface area contributed by atoms with Crippen LogP contribution in [0.2, 0.25) is 0 Å². The molecule has 19 heavy (non-hydrogen) atoms. The van der Waals surface area contributed by atoms with Crippen molar-refractivity contribution in [2.75, 3.05) is 11.9 Å². The molecular weight excluding hydrogens is 234 g/mol. The molecule has 0 radical (unpaired) electrons. The van der Waals surface area contributed by atoms with Crippen LogP contribution in [0.4, 0.5) is 5.82 Å². The first-order valence-electron chi connectivity index (χ1n) is 7.07. The van der Waals surface area contributed by atoms with Gasteiger partial charge in [0, 0.05) is 30.2 Å². The zero-order valence-electron chi connectivity index (χ0n) is 13.5. The second kappa shape index (κ2) is 5.49. The van der Waals surface area contributed by atoms with E-state index in [0.717, 1.165) is 23.5 Å². The fraction of sp³-hybridized carbons (Fsp3) is 0.688. The molecule has 0 fully saturated rings. The maximum absolute atomic E-state index is 5.83. The Morgan fingerprint density at radius 1 is 1.16 bits per heavy atom. The summed E-state index contributed by atoms with van der Waals surface area (Å²) in [4.78, 5) is 7.09. The van der Waals surface area contributed by atoms with Crippen molar-refractivity contribution < 1.29 is 0 Å². The van der Waals surface area contributed by atoms with E-state index in [9.17, 15) is 0 Å². The molecule has 0 spiro atoms. The Bertz CT molecular complexity index is 430. The van der Waals surface area contributed by atoms with E-state index < -0.39 is 0 Å². The summed E-state index contributed by atoms with van der Waals surface area (Å²) in [5.74, 6) is 1.01. The van der Waals surface area contributed by atoms with Crippen LogP contribution in [0.1, 0.15) is 59.2 Å². The third kappa shape index (κ3) is 3.69. The molecule has 0 aliphatic rings. The highest BCUT2D eigenvalue weighted by atomic mass is 15.2. The van der Waals surface area contributed by atoms with Crippen LogP contribution in [0, 0.1) is 0 Å². The van der Waals surface area contributed by atoms with Gasteiger partial charge < -0.3 is 10.6 Å². The SMILES string of the molecule is CCC(C)(C)N(C)c1cc(CN)cc(C(C)(C)C)n1. The molecule has 0 unspecified atom stereocenters. The van der Waals surface area contributed by atoms with Gasteiger partial charge >= 0.3 is 0 Å². The Kier molecular flexibility index (Phi) is 4.62. The van der Waals surface area contributed by atoms with Crippen molar-refractivity contribution in [1.82, 2.24) is 4.98 Å². The van der Waals surface area contributed by atoms with Crippen LogP contribution in [0.15, 0.2) is 12.1 Å². The van der Waals surface area contributed by atoms with Gasteiger partial charge in [-0.15, -0.1) is 0 Å². The summed E-state index contributed by atoms with van der Waals surface area (Å²) in [6, 6.07) is 4.23. The highest BCUT2D eigenvalue weighted by Crippen LogP contribution is 2.28. The number of anilines is 1. The van der Waals surface area contributed by atoms with Gasteiger partial charge in [0.2, 0.25) is 0 Å². The summed E-state index contributed by atoms with van der Waals surface area (Å²) in [7, 11) is 2.11. The molecule has 0 atom stereocenters. The van der Waals surface area contributed by atoms with Crippen LogP contribution in [-0.4, -0.2) is 17.6 Å². The molecule has 1 rings (SSSR count). The molecule has 0 saturated heterocycles. The van der Waals surface area contributed by atoms with Gasteiger partial charge in [0.15, 0.2) is 0 Å². The van der Waals surface area contributed by atoms with Gasteiger partial charge in [0.1, 0.15) is 5.82 Å². The van der Waals surface area contributed by atoms with Gasteiger partial charge in [-0.3, -0.25) is 0 Å².